The second-order valence-electron chi connectivity index (χ2n) is 4.92. The minimum atomic E-state index is 0.322. The van der Waals surface area contributed by atoms with E-state index >= 15 is 0 Å². The van der Waals surface area contributed by atoms with Crippen LogP contribution in [0.2, 0.25) is 0 Å². The zero-order valence-corrected chi connectivity index (χ0v) is 11.4. The highest BCUT2D eigenvalue weighted by molar-refractivity contribution is 7.12. The van der Waals surface area contributed by atoms with E-state index in [0.29, 0.717) is 12.3 Å². The van der Waals surface area contributed by atoms with Crippen molar-refractivity contribution in [1.82, 2.24) is 0 Å². The minimum Gasteiger partial charge on any atom is -0.326 e. The fourth-order valence-corrected chi connectivity index (χ4v) is 3.46. The average molecular weight is 252 g/mol. The van der Waals surface area contributed by atoms with Gasteiger partial charge in [0.2, 0.25) is 5.78 Å². The van der Waals surface area contributed by atoms with Crippen LogP contribution in [0.15, 0.2) is 17.5 Å². The van der Waals surface area contributed by atoms with Gasteiger partial charge in [-0.25, -0.2) is 0 Å². The Balaban J connectivity index is 1.92. The normalized spacial score (nSPS) is 19.1. The van der Waals surface area contributed by atoms with Crippen molar-refractivity contribution in [2.24, 2.45) is 0 Å². The Hall–Kier alpha value is -0.670. The number of thiophene rings is 1. The number of quaternary nitrogens is 1. The zero-order chi connectivity index (χ0) is 12.1. The van der Waals surface area contributed by atoms with Gasteiger partial charge < -0.3 is 4.90 Å². The molecule has 17 heavy (non-hydrogen) atoms. The molecule has 0 aromatic carbocycles. The van der Waals surface area contributed by atoms with Crippen LogP contribution >= 0.6 is 11.3 Å². The Morgan fingerprint density at radius 3 is 2.76 bits per heavy atom. The van der Waals surface area contributed by atoms with Crippen molar-refractivity contribution in [3.63, 3.8) is 0 Å². The van der Waals surface area contributed by atoms with Crippen molar-refractivity contribution >= 4 is 17.1 Å². The molecule has 1 heterocycles. The summed E-state index contributed by atoms with van der Waals surface area (Å²) in [6, 6.07) is 4.63. The summed E-state index contributed by atoms with van der Waals surface area (Å²) in [6.45, 7) is 3.95. The van der Waals surface area contributed by atoms with E-state index < -0.39 is 0 Å². The molecule has 1 atom stereocenters. The maximum atomic E-state index is 12.1. The van der Waals surface area contributed by atoms with Gasteiger partial charge in [0.15, 0.2) is 0 Å². The van der Waals surface area contributed by atoms with E-state index in [-0.39, 0.29) is 0 Å². The third kappa shape index (κ3) is 3.39. The highest BCUT2D eigenvalue weighted by Crippen LogP contribution is 2.15. The highest BCUT2D eigenvalue weighted by Gasteiger charge is 2.25. The summed E-state index contributed by atoms with van der Waals surface area (Å²) in [5, 5.41) is 1.99. The number of likely N-dealkylation sites (N-methyl/N-ethyl adjacent to an activating group) is 1. The minimum absolute atomic E-state index is 0.322. The van der Waals surface area contributed by atoms with E-state index in [9.17, 15) is 4.79 Å². The van der Waals surface area contributed by atoms with Gasteiger partial charge in [0.05, 0.1) is 17.5 Å². The topological polar surface area (TPSA) is 21.5 Å². The average Bonchev–Trinajstić information content (AvgIpc) is 2.90. The maximum absolute atomic E-state index is 12.1. The molecule has 3 heteroatoms. The van der Waals surface area contributed by atoms with E-state index in [2.05, 4.69) is 6.92 Å². The SMILES string of the molecule is CC[NH+](CC(=O)c1cccs1)C1CCCCC1. The molecule has 1 aliphatic rings. The summed E-state index contributed by atoms with van der Waals surface area (Å²) in [5.74, 6) is 0.322. The molecule has 2 rings (SSSR count). The fourth-order valence-electron chi connectivity index (χ4n) is 2.80. The summed E-state index contributed by atoms with van der Waals surface area (Å²) in [4.78, 5) is 14.5. The lowest BCUT2D eigenvalue weighted by Crippen LogP contribution is -3.16. The molecule has 0 bridgehead atoms. The first-order valence-electron chi connectivity index (χ1n) is 6.72. The number of nitrogens with one attached hydrogen (secondary N) is 1. The standard InChI is InChI=1S/C14H21NOS/c1-2-15(12-7-4-3-5-8-12)11-13(16)14-9-6-10-17-14/h6,9-10,12H,2-5,7-8,11H2,1H3/p+1. The van der Waals surface area contributed by atoms with Crippen LogP contribution in [0, 0.1) is 0 Å². The summed E-state index contributed by atoms with van der Waals surface area (Å²) < 4.78 is 0. The maximum Gasteiger partial charge on any atom is 0.226 e. The molecule has 1 aliphatic carbocycles. The third-order valence-corrected chi connectivity index (χ3v) is 4.73. The van der Waals surface area contributed by atoms with Crippen molar-refractivity contribution < 1.29 is 9.69 Å². The number of hydrogen-bond acceptors (Lipinski definition) is 2. The summed E-state index contributed by atoms with van der Waals surface area (Å²) in [6.07, 6.45) is 6.69. The zero-order valence-electron chi connectivity index (χ0n) is 10.6. The van der Waals surface area contributed by atoms with Crippen LogP contribution in [0.3, 0.4) is 0 Å². The molecule has 0 saturated heterocycles. The van der Waals surface area contributed by atoms with E-state index in [0.717, 1.165) is 17.5 Å². The molecular formula is C14H22NOS+. The summed E-state index contributed by atoms with van der Waals surface area (Å²) in [7, 11) is 0. The van der Waals surface area contributed by atoms with Gasteiger partial charge in [-0.2, -0.15) is 0 Å². The molecule has 2 nitrogen and oxygen atoms in total. The number of carbonyl (C=O) groups is 1. The van der Waals surface area contributed by atoms with Crippen LogP contribution in [-0.2, 0) is 0 Å². The second kappa shape index (κ2) is 6.31. The van der Waals surface area contributed by atoms with Crippen LogP contribution < -0.4 is 4.90 Å². The predicted molar refractivity (Wildman–Crippen MR) is 71.9 cm³/mol. The third-order valence-electron chi connectivity index (χ3n) is 3.82. The number of rotatable bonds is 5. The van der Waals surface area contributed by atoms with Gasteiger partial charge in [-0.15, -0.1) is 11.3 Å². The van der Waals surface area contributed by atoms with Gasteiger partial charge >= 0.3 is 0 Å². The Kier molecular flexibility index (Phi) is 4.75. The van der Waals surface area contributed by atoms with Crippen molar-refractivity contribution in [1.29, 1.82) is 0 Å². The number of Topliss-reactive ketones (excluding diaryl/α,β-unsaturated/α-hetero) is 1. The summed E-state index contributed by atoms with van der Waals surface area (Å²) >= 11 is 1.57. The molecule has 94 valence electrons. The molecule has 0 aliphatic heterocycles. The monoisotopic (exact) mass is 252 g/mol. The second-order valence-corrected chi connectivity index (χ2v) is 5.87. The molecule has 1 aromatic heterocycles. The van der Waals surface area contributed by atoms with Gasteiger partial charge in [0.25, 0.3) is 0 Å². The first kappa shape index (κ1) is 12.8. The smallest absolute Gasteiger partial charge is 0.226 e. The fraction of sp³-hybridized carbons (Fsp3) is 0.643. The Labute approximate surface area is 108 Å². The molecule has 0 spiro atoms. The van der Waals surface area contributed by atoms with Gasteiger partial charge in [-0.05, 0) is 44.1 Å². The Morgan fingerprint density at radius 2 is 2.18 bits per heavy atom. The van der Waals surface area contributed by atoms with E-state index in [1.165, 1.54) is 37.0 Å². The van der Waals surface area contributed by atoms with Crippen molar-refractivity contribution in [3.8, 4) is 0 Å². The van der Waals surface area contributed by atoms with Crippen LogP contribution in [0.5, 0.6) is 0 Å². The van der Waals surface area contributed by atoms with Crippen LogP contribution in [0.4, 0.5) is 0 Å². The lowest BCUT2D eigenvalue weighted by Gasteiger charge is -2.29. The van der Waals surface area contributed by atoms with Gasteiger partial charge in [0.1, 0.15) is 6.54 Å². The predicted octanol–water partition coefficient (Wildman–Crippen LogP) is 2.17. The Morgan fingerprint density at radius 1 is 1.41 bits per heavy atom. The summed E-state index contributed by atoms with van der Waals surface area (Å²) in [5.41, 5.74) is 0. The molecule has 0 radical (unpaired) electrons. The van der Waals surface area contributed by atoms with E-state index in [1.807, 2.05) is 17.5 Å². The Bertz CT molecular complexity index is 341. The quantitative estimate of drug-likeness (QED) is 0.797. The first-order valence-corrected chi connectivity index (χ1v) is 7.60. The lowest BCUT2D eigenvalue weighted by atomic mass is 9.94. The van der Waals surface area contributed by atoms with Crippen LogP contribution in [0.1, 0.15) is 48.7 Å². The van der Waals surface area contributed by atoms with Crippen molar-refractivity contribution in [2.45, 2.75) is 45.1 Å². The number of carbonyl (C=O) groups excluding carboxylic acids is 1. The van der Waals surface area contributed by atoms with Crippen LogP contribution in [0.25, 0.3) is 0 Å². The van der Waals surface area contributed by atoms with Gasteiger partial charge in [-0.3, -0.25) is 4.79 Å². The molecule has 0 amide bonds. The molecule has 1 fully saturated rings. The van der Waals surface area contributed by atoms with Crippen LogP contribution in [-0.4, -0.2) is 24.9 Å². The first-order chi connectivity index (χ1) is 8.31. The highest BCUT2D eigenvalue weighted by atomic mass is 32.1. The molecule has 1 unspecified atom stereocenters. The van der Waals surface area contributed by atoms with Crippen molar-refractivity contribution in [3.05, 3.63) is 22.4 Å². The number of ketones is 1. The van der Waals surface area contributed by atoms with Gasteiger partial charge in [-0.1, -0.05) is 12.5 Å². The van der Waals surface area contributed by atoms with E-state index in [4.69, 9.17) is 0 Å². The lowest BCUT2D eigenvalue weighted by molar-refractivity contribution is -0.917. The molecule has 1 saturated carbocycles. The van der Waals surface area contributed by atoms with Crippen molar-refractivity contribution in [2.75, 3.05) is 13.1 Å². The molecule has 1 N–H and O–H groups in total. The largest absolute Gasteiger partial charge is 0.326 e. The molecular weight excluding hydrogens is 230 g/mol. The molecule has 1 aromatic rings. The number of hydrogen-bond donors (Lipinski definition) is 1. The van der Waals surface area contributed by atoms with E-state index in [1.54, 1.807) is 11.3 Å². The van der Waals surface area contributed by atoms with Gasteiger partial charge in [0, 0.05) is 0 Å².